The molecule has 0 saturated heterocycles. The second-order valence-corrected chi connectivity index (χ2v) is 5.18. The topological polar surface area (TPSA) is 82.0 Å². The molecule has 0 fully saturated rings. The van der Waals surface area contributed by atoms with E-state index in [0.717, 1.165) is 10.6 Å². The van der Waals surface area contributed by atoms with Crippen molar-refractivity contribution in [2.45, 2.75) is 11.3 Å². The van der Waals surface area contributed by atoms with Crippen molar-refractivity contribution in [1.82, 2.24) is 24.6 Å². The maximum atomic E-state index is 13.3. The van der Waals surface area contributed by atoms with Gasteiger partial charge in [-0.25, -0.2) is 4.39 Å². The lowest BCUT2D eigenvalue weighted by Crippen LogP contribution is -2.08. The van der Waals surface area contributed by atoms with Gasteiger partial charge in [0.05, 0.1) is 5.56 Å². The molecular formula is C12H8F4N6S. The van der Waals surface area contributed by atoms with Gasteiger partial charge in [0.2, 0.25) is 5.95 Å². The highest BCUT2D eigenvalue weighted by Crippen LogP contribution is 2.33. The number of aromatic nitrogens is 5. The Kier molecular flexibility index (Phi) is 3.59. The third-order valence-electron chi connectivity index (χ3n) is 2.93. The van der Waals surface area contributed by atoms with Crippen LogP contribution in [0.2, 0.25) is 0 Å². The van der Waals surface area contributed by atoms with Gasteiger partial charge in [0, 0.05) is 5.56 Å². The largest absolute Gasteiger partial charge is 0.419 e. The van der Waals surface area contributed by atoms with Gasteiger partial charge in [-0.1, -0.05) is 11.8 Å². The molecule has 0 unspecified atom stereocenters. The molecule has 0 amide bonds. The highest BCUT2D eigenvalue weighted by molar-refractivity contribution is 7.98. The van der Waals surface area contributed by atoms with Crippen molar-refractivity contribution in [1.29, 1.82) is 0 Å². The summed E-state index contributed by atoms with van der Waals surface area (Å²) in [5.41, 5.74) is 4.31. The molecule has 0 atom stereocenters. The maximum absolute atomic E-state index is 13.3. The van der Waals surface area contributed by atoms with E-state index in [2.05, 4.69) is 20.1 Å². The summed E-state index contributed by atoms with van der Waals surface area (Å²) in [6.07, 6.45) is -3.08. The quantitative estimate of drug-likeness (QED) is 0.568. The molecule has 0 bridgehead atoms. The number of nitrogens with zero attached hydrogens (tertiary/aromatic N) is 5. The van der Waals surface area contributed by atoms with Crippen molar-refractivity contribution >= 4 is 23.5 Å². The van der Waals surface area contributed by atoms with Gasteiger partial charge in [-0.15, -0.1) is 5.10 Å². The number of thioether (sulfide) groups is 1. The van der Waals surface area contributed by atoms with Gasteiger partial charge in [0.1, 0.15) is 5.82 Å². The van der Waals surface area contributed by atoms with E-state index in [1.54, 1.807) is 6.26 Å². The first-order valence-corrected chi connectivity index (χ1v) is 7.33. The van der Waals surface area contributed by atoms with Crippen LogP contribution >= 0.6 is 11.8 Å². The Morgan fingerprint density at radius 1 is 1.17 bits per heavy atom. The number of hydrogen-bond acceptors (Lipinski definition) is 6. The Balaban J connectivity index is 2.16. The minimum absolute atomic E-state index is 0.00347. The van der Waals surface area contributed by atoms with Gasteiger partial charge in [-0.3, -0.25) is 0 Å². The van der Waals surface area contributed by atoms with Crippen molar-refractivity contribution in [3.05, 3.63) is 29.6 Å². The van der Waals surface area contributed by atoms with E-state index in [1.165, 1.54) is 11.8 Å². The predicted octanol–water partition coefficient (Wildman–Crippen LogP) is 2.65. The minimum Gasteiger partial charge on any atom is -0.368 e. The standard InChI is InChI=1S/C12H8F4N6S/c1-23-11-19-9(17)22-10(20-11)18-8(21-22)5-2-3-7(13)6(4-5)12(14,15)16/h2-4H,1H3,(H2,17,18,19,20,21). The van der Waals surface area contributed by atoms with Crippen LogP contribution in [0.5, 0.6) is 0 Å². The van der Waals surface area contributed by atoms with E-state index in [4.69, 9.17) is 5.73 Å². The van der Waals surface area contributed by atoms with E-state index in [1.807, 2.05) is 0 Å². The molecule has 0 aliphatic carbocycles. The van der Waals surface area contributed by atoms with Gasteiger partial charge in [-0.05, 0) is 24.5 Å². The van der Waals surface area contributed by atoms with Gasteiger partial charge >= 0.3 is 6.18 Å². The molecule has 2 N–H and O–H groups in total. The monoisotopic (exact) mass is 344 g/mol. The van der Waals surface area contributed by atoms with Crippen molar-refractivity contribution in [2.75, 3.05) is 12.0 Å². The summed E-state index contributed by atoms with van der Waals surface area (Å²) in [7, 11) is 0. The van der Waals surface area contributed by atoms with Crippen molar-refractivity contribution in [3.63, 3.8) is 0 Å². The molecule has 3 aromatic rings. The maximum Gasteiger partial charge on any atom is 0.419 e. The van der Waals surface area contributed by atoms with Gasteiger partial charge < -0.3 is 5.73 Å². The second kappa shape index (κ2) is 5.33. The average Bonchev–Trinajstić information content (AvgIpc) is 2.91. The number of rotatable bonds is 2. The number of nitrogen functional groups attached to an aromatic ring is 1. The minimum atomic E-state index is -4.82. The molecule has 0 aliphatic heterocycles. The van der Waals surface area contributed by atoms with E-state index < -0.39 is 17.6 Å². The summed E-state index contributed by atoms with van der Waals surface area (Å²) in [4.78, 5) is 12.0. The van der Waals surface area contributed by atoms with E-state index >= 15 is 0 Å². The van der Waals surface area contributed by atoms with Gasteiger partial charge in [0.25, 0.3) is 5.78 Å². The number of nitrogens with two attached hydrogens (primary N) is 1. The van der Waals surface area contributed by atoms with Gasteiger partial charge in [-0.2, -0.15) is 32.6 Å². The van der Waals surface area contributed by atoms with Crippen LogP contribution in [0.1, 0.15) is 5.56 Å². The molecule has 3 rings (SSSR count). The Bertz CT molecular complexity index is 891. The zero-order valence-electron chi connectivity index (χ0n) is 11.5. The highest BCUT2D eigenvalue weighted by atomic mass is 32.2. The summed E-state index contributed by atoms with van der Waals surface area (Å²) in [5.74, 6) is -1.34. The fraction of sp³-hybridized carbons (Fsp3) is 0.167. The fourth-order valence-electron chi connectivity index (χ4n) is 1.88. The third-order valence-corrected chi connectivity index (χ3v) is 3.47. The predicted molar refractivity (Wildman–Crippen MR) is 75.2 cm³/mol. The summed E-state index contributed by atoms with van der Waals surface area (Å²) in [6, 6.07) is 2.51. The van der Waals surface area contributed by atoms with Crippen LogP contribution in [-0.4, -0.2) is 30.8 Å². The zero-order chi connectivity index (χ0) is 16.8. The lowest BCUT2D eigenvalue weighted by Gasteiger charge is -2.08. The molecular weight excluding hydrogens is 336 g/mol. The van der Waals surface area contributed by atoms with Crippen LogP contribution in [0.25, 0.3) is 17.2 Å². The number of alkyl halides is 3. The first kappa shape index (κ1) is 15.5. The highest BCUT2D eigenvalue weighted by Gasteiger charge is 2.34. The summed E-state index contributed by atoms with van der Waals surface area (Å²) in [5, 5.41) is 4.32. The molecule has 2 aromatic heterocycles. The van der Waals surface area contributed by atoms with Crippen LogP contribution < -0.4 is 5.73 Å². The first-order valence-electron chi connectivity index (χ1n) is 6.11. The summed E-state index contributed by atoms with van der Waals surface area (Å²) >= 11 is 1.23. The molecule has 0 radical (unpaired) electrons. The normalized spacial score (nSPS) is 12.0. The number of anilines is 1. The Labute approximate surface area is 130 Å². The average molecular weight is 344 g/mol. The van der Waals surface area contributed by atoms with Crippen LogP contribution in [0.15, 0.2) is 23.4 Å². The van der Waals surface area contributed by atoms with Crippen LogP contribution in [0, 0.1) is 5.82 Å². The molecule has 2 heterocycles. The Hall–Kier alpha value is -2.43. The molecule has 0 aliphatic rings. The zero-order valence-corrected chi connectivity index (χ0v) is 12.3. The molecule has 23 heavy (non-hydrogen) atoms. The first-order chi connectivity index (χ1) is 10.8. The molecule has 1 aromatic carbocycles. The van der Waals surface area contributed by atoms with Crippen LogP contribution in [0.4, 0.5) is 23.5 Å². The van der Waals surface area contributed by atoms with Crippen LogP contribution in [0.3, 0.4) is 0 Å². The lowest BCUT2D eigenvalue weighted by atomic mass is 10.1. The molecule has 11 heteroatoms. The number of halogens is 4. The molecule has 0 saturated carbocycles. The van der Waals surface area contributed by atoms with Crippen LogP contribution in [-0.2, 0) is 6.18 Å². The van der Waals surface area contributed by atoms with E-state index in [-0.39, 0.29) is 23.1 Å². The van der Waals surface area contributed by atoms with E-state index in [0.29, 0.717) is 17.3 Å². The Morgan fingerprint density at radius 3 is 2.57 bits per heavy atom. The smallest absolute Gasteiger partial charge is 0.368 e. The van der Waals surface area contributed by atoms with Crippen molar-refractivity contribution in [3.8, 4) is 11.4 Å². The molecule has 120 valence electrons. The summed E-state index contributed by atoms with van der Waals surface area (Å²) < 4.78 is 52.8. The van der Waals surface area contributed by atoms with Gasteiger partial charge in [0.15, 0.2) is 11.0 Å². The fourth-order valence-corrected chi connectivity index (χ4v) is 2.24. The van der Waals surface area contributed by atoms with E-state index in [9.17, 15) is 17.6 Å². The molecule has 0 spiro atoms. The third kappa shape index (κ3) is 2.79. The number of benzene rings is 1. The summed E-state index contributed by atoms with van der Waals surface area (Å²) in [6.45, 7) is 0. The number of hydrogen-bond donors (Lipinski definition) is 1. The van der Waals surface area contributed by atoms with Crippen molar-refractivity contribution in [2.24, 2.45) is 0 Å². The number of fused-ring (bicyclic) bond motifs is 1. The van der Waals surface area contributed by atoms with Crippen molar-refractivity contribution < 1.29 is 17.6 Å². The lowest BCUT2D eigenvalue weighted by molar-refractivity contribution is -0.139. The molecule has 6 nitrogen and oxygen atoms in total. The second-order valence-electron chi connectivity index (χ2n) is 4.41. The SMILES string of the molecule is CSc1nc(N)n2nc(-c3ccc(F)c(C(F)(F)F)c3)nc2n1. The Morgan fingerprint density at radius 2 is 1.91 bits per heavy atom.